The summed E-state index contributed by atoms with van der Waals surface area (Å²) in [6.45, 7) is 10.1. The maximum Gasteiger partial charge on any atom is 0.331 e. The molecule has 0 radical (unpaired) electrons. The Morgan fingerprint density at radius 2 is 1.45 bits per heavy atom. The number of carboxylic acids is 1. The summed E-state index contributed by atoms with van der Waals surface area (Å²) < 4.78 is 0. The van der Waals surface area contributed by atoms with Crippen LogP contribution in [0.5, 0.6) is 0 Å². The van der Waals surface area contributed by atoms with Crippen LogP contribution in [0, 0.1) is 0 Å². The largest absolute Gasteiger partial charge is 0.478 e. The zero-order valence-electron chi connectivity index (χ0n) is 19.8. The molecule has 0 saturated carbocycles. The lowest BCUT2D eigenvalue weighted by atomic mass is 9.92. The minimum Gasteiger partial charge on any atom is -0.478 e. The summed E-state index contributed by atoms with van der Waals surface area (Å²) in [6, 6.07) is 0. The molecule has 0 heterocycles. The van der Waals surface area contributed by atoms with Crippen molar-refractivity contribution in [1.29, 1.82) is 0 Å². The van der Waals surface area contributed by atoms with E-state index in [1.165, 1.54) is 16.7 Å². The lowest BCUT2D eigenvalue weighted by Crippen LogP contribution is -2.20. The smallest absolute Gasteiger partial charge is 0.331 e. The zero-order valence-corrected chi connectivity index (χ0v) is 19.8. The number of aliphatic carboxylic acids is 1. The molecule has 1 rings (SSSR count). The average Bonchev–Trinajstić information content (AvgIpc) is 2.68. The van der Waals surface area contributed by atoms with Gasteiger partial charge in [0, 0.05) is 5.57 Å². The number of aliphatic hydroxyl groups is 2. The Morgan fingerprint density at radius 3 is 2.06 bits per heavy atom. The van der Waals surface area contributed by atoms with Crippen LogP contribution in [0.2, 0.25) is 0 Å². The Balaban J connectivity index is 2.45. The van der Waals surface area contributed by atoms with E-state index in [2.05, 4.69) is 32.1 Å². The molecule has 4 nitrogen and oxygen atoms in total. The van der Waals surface area contributed by atoms with E-state index >= 15 is 0 Å². The van der Waals surface area contributed by atoms with Crippen LogP contribution in [0.15, 0.2) is 69.9 Å². The Hall–Kier alpha value is -2.17. The second-order valence-electron chi connectivity index (χ2n) is 8.78. The number of rotatable bonds is 12. The van der Waals surface area contributed by atoms with Crippen LogP contribution in [-0.4, -0.2) is 33.5 Å². The van der Waals surface area contributed by atoms with Crippen molar-refractivity contribution in [2.75, 3.05) is 0 Å². The van der Waals surface area contributed by atoms with Crippen LogP contribution in [0.3, 0.4) is 0 Å². The van der Waals surface area contributed by atoms with E-state index < -0.39 is 18.2 Å². The van der Waals surface area contributed by atoms with Crippen LogP contribution in [0.4, 0.5) is 0 Å². The first-order valence-corrected chi connectivity index (χ1v) is 11.2. The molecule has 3 N–H and O–H groups in total. The summed E-state index contributed by atoms with van der Waals surface area (Å²) in [4.78, 5) is 11.4. The molecule has 1 aliphatic rings. The van der Waals surface area contributed by atoms with E-state index in [1.807, 2.05) is 26.8 Å². The van der Waals surface area contributed by atoms with Gasteiger partial charge < -0.3 is 15.3 Å². The number of aliphatic hydroxyl groups excluding tert-OH is 2. The third kappa shape index (κ3) is 11.1. The normalized spacial score (nSPS) is 20.3. The molecule has 2 unspecified atom stereocenters. The SMILES string of the molecule is CC(C)=CCC/C(=C/CC/C(C)=C/CC/C(C)=C/CC1=CC(O)C=C(C)C1O)C(=O)O. The highest BCUT2D eigenvalue weighted by molar-refractivity contribution is 5.86. The molecule has 0 aromatic rings. The van der Waals surface area contributed by atoms with Crippen molar-refractivity contribution in [2.24, 2.45) is 0 Å². The maximum atomic E-state index is 11.4. The quantitative estimate of drug-likeness (QED) is 0.256. The van der Waals surface area contributed by atoms with Crippen LogP contribution in [0.25, 0.3) is 0 Å². The van der Waals surface area contributed by atoms with Crippen LogP contribution >= 0.6 is 0 Å². The van der Waals surface area contributed by atoms with Crippen LogP contribution < -0.4 is 0 Å². The van der Waals surface area contributed by atoms with Gasteiger partial charge in [-0.3, -0.25) is 0 Å². The van der Waals surface area contributed by atoms with Gasteiger partial charge in [-0.05, 0) is 96.8 Å². The molecule has 0 fully saturated rings. The van der Waals surface area contributed by atoms with Crippen molar-refractivity contribution in [1.82, 2.24) is 0 Å². The number of hydrogen-bond donors (Lipinski definition) is 3. The lowest BCUT2D eigenvalue weighted by Gasteiger charge is -2.21. The molecule has 0 aliphatic heterocycles. The number of carbonyl (C=O) groups is 1. The Labute approximate surface area is 188 Å². The molecule has 31 heavy (non-hydrogen) atoms. The first-order chi connectivity index (χ1) is 14.6. The minimum absolute atomic E-state index is 0.499. The van der Waals surface area contributed by atoms with Crippen LogP contribution in [-0.2, 0) is 4.79 Å². The highest BCUT2D eigenvalue weighted by Gasteiger charge is 2.18. The third-order valence-electron chi connectivity index (χ3n) is 5.49. The molecular weight excluding hydrogens is 388 g/mol. The predicted octanol–water partition coefficient (Wildman–Crippen LogP) is 6.20. The summed E-state index contributed by atoms with van der Waals surface area (Å²) in [5, 5.41) is 29.4. The second kappa shape index (κ2) is 14.0. The molecule has 0 spiro atoms. The van der Waals surface area contributed by atoms with Crippen molar-refractivity contribution < 1.29 is 20.1 Å². The number of carboxylic acid groups (broad SMARTS) is 1. The molecule has 172 valence electrons. The summed E-state index contributed by atoms with van der Waals surface area (Å²) in [5.41, 5.74) is 5.89. The predicted molar refractivity (Wildman–Crippen MR) is 129 cm³/mol. The van der Waals surface area contributed by atoms with Crippen molar-refractivity contribution in [2.45, 2.75) is 91.8 Å². The summed E-state index contributed by atoms with van der Waals surface area (Å²) in [5.74, 6) is -0.819. The van der Waals surface area contributed by atoms with Gasteiger partial charge in [-0.25, -0.2) is 4.79 Å². The first-order valence-electron chi connectivity index (χ1n) is 11.2. The van der Waals surface area contributed by atoms with Gasteiger partial charge in [0.1, 0.15) is 0 Å². The van der Waals surface area contributed by atoms with Gasteiger partial charge >= 0.3 is 5.97 Å². The number of hydrogen-bond acceptors (Lipinski definition) is 3. The van der Waals surface area contributed by atoms with E-state index in [0.29, 0.717) is 18.4 Å². The van der Waals surface area contributed by atoms with E-state index in [4.69, 9.17) is 0 Å². The van der Waals surface area contributed by atoms with Crippen LogP contribution in [0.1, 0.15) is 79.6 Å². The Kier molecular flexibility index (Phi) is 12.1. The van der Waals surface area contributed by atoms with E-state index in [9.17, 15) is 20.1 Å². The van der Waals surface area contributed by atoms with Gasteiger partial charge in [-0.1, -0.05) is 47.1 Å². The molecule has 1 aliphatic carbocycles. The summed E-state index contributed by atoms with van der Waals surface area (Å²) in [7, 11) is 0. The van der Waals surface area contributed by atoms with Gasteiger partial charge in [0.25, 0.3) is 0 Å². The fourth-order valence-electron chi connectivity index (χ4n) is 3.52. The van der Waals surface area contributed by atoms with Crippen molar-refractivity contribution in [3.05, 3.63) is 69.9 Å². The molecule has 0 aromatic carbocycles. The monoisotopic (exact) mass is 428 g/mol. The van der Waals surface area contributed by atoms with E-state index in [1.54, 1.807) is 12.2 Å². The summed E-state index contributed by atoms with van der Waals surface area (Å²) >= 11 is 0. The zero-order chi connectivity index (χ0) is 23.4. The van der Waals surface area contributed by atoms with E-state index in [-0.39, 0.29) is 0 Å². The van der Waals surface area contributed by atoms with Gasteiger partial charge in [0.2, 0.25) is 0 Å². The fourth-order valence-corrected chi connectivity index (χ4v) is 3.52. The maximum absolute atomic E-state index is 11.4. The molecule has 0 amide bonds. The first kappa shape index (κ1) is 26.9. The highest BCUT2D eigenvalue weighted by Crippen LogP contribution is 2.23. The fraction of sp³-hybridized carbons (Fsp3) is 0.519. The molecule has 2 atom stereocenters. The summed E-state index contributed by atoms with van der Waals surface area (Å²) in [6.07, 6.45) is 16.0. The highest BCUT2D eigenvalue weighted by atomic mass is 16.4. The van der Waals surface area contributed by atoms with E-state index in [0.717, 1.165) is 43.3 Å². The van der Waals surface area contributed by atoms with Gasteiger partial charge in [0.15, 0.2) is 0 Å². The topological polar surface area (TPSA) is 77.8 Å². The Morgan fingerprint density at radius 1 is 0.871 bits per heavy atom. The van der Waals surface area contributed by atoms with Crippen molar-refractivity contribution in [3.63, 3.8) is 0 Å². The molecular formula is C27H40O4. The molecule has 0 aromatic heterocycles. The van der Waals surface area contributed by atoms with Gasteiger partial charge in [0.05, 0.1) is 12.2 Å². The standard InChI is InChI=1S/C27H40O4/c1-19(2)9-6-13-23(27(30)31)14-8-12-20(3)10-7-11-21(4)15-16-24-18-25(28)17-22(5)26(24)29/h9-10,14-15,17-18,25-26,28-29H,6-8,11-13,16H2,1-5H3,(H,30,31)/b20-10+,21-15+,23-14-. The van der Waals surface area contributed by atoms with Crippen molar-refractivity contribution >= 4 is 5.97 Å². The second-order valence-corrected chi connectivity index (χ2v) is 8.78. The molecule has 4 heteroatoms. The average molecular weight is 429 g/mol. The Bertz CT molecular complexity index is 786. The molecule has 0 saturated heterocycles. The number of allylic oxidation sites excluding steroid dienone is 7. The lowest BCUT2D eigenvalue weighted by molar-refractivity contribution is -0.132. The molecule has 0 bridgehead atoms. The third-order valence-corrected chi connectivity index (χ3v) is 5.49. The van der Waals surface area contributed by atoms with Crippen molar-refractivity contribution in [3.8, 4) is 0 Å². The minimum atomic E-state index is -0.819. The van der Waals surface area contributed by atoms with Gasteiger partial charge in [-0.2, -0.15) is 0 Å². The van der Waals surface area contributed by atoms with Gasteiger partial charge in [-0.15, -0.1) is 0 Å².